The highest BCUT2D eigenvalue weighted by Crippen LogP contribution is 2.20. The third-order valence-corrected chi connectivity index (χ3v) is 3.24. The van der Waals surface area contributed by atoms with E-state index in [9.17, 15) is 13.2 Å². The minimum atomic E-state index is -3.20. The molecule has 1 aromatic rings. The van der Waals surface area contributed by atoms with Crippen LogP contribution in [0.4, 0.5) is 11.4 Å². The van der Waals surface area contributed by atoms with E-state index in [0.29, 0.717) is 23.5 Å². The van der Waals surface area contributed by atoms with Crippen molar-refractivity contribution in [3.05, 3.63) is 23.8 Å². The van der Waals surface area contributed by atoms with Crippen molar-refractivity contribution in [1.82, 2.24) is 9.62 Å². The van der Waals surface area contributed by atoms with E-state index in [1.54, 1.807) is 32.3 Å². The summed E-state index contributed by atoms with van der Waals surface area (Å²) >= 11 is 0. The lowest BCUT2D eigenvalue weighted by Gasteiger charge is -2.14. The molecular formula is C12H20N4O3S. The molecule has 0 unspecified atom stereocenters. The number of rotatable bonds is 6. The van der Waals surface area contributed by atoms with Crippen molar-refractivity contribution in [2.24, 2.45) is 0 Å². The number of anilines is 2. The van der Waals surface area contributed by atoms with E-state index in [1.807, 2.05) is 0 Å². The largest absolute Gasteiger partial charge is 0.397 e. The van der Waals surface area contributed by atoms with Gasteiger partial charge in [-0.3, -0.25) is 4.79 Å². The Morgan fingerprint density at radius 1 is 1.30 bits per heavy atom. The lowest BCUT2D eigenvalue weighted by Crippen LogP contribution is -2.28. The number of nitrogens with two attached hydrogens (primary N) is 1. The van der Waals surface area contributed by atoms with Crippen LogP contribution in [0.15, 0.2) is 18.2 Å². The average molecular weight is 300 g/mol. The summed E-state index contributed by atoms with van der Waals surface area (Å²) in [7, 11) is 0.133. The summed E-state index contributed by atoms with van der Waals surface area (Å²) in [4.78, 5) is 13.3. The molecule has 1 amide bonds. The Bertz CT molecular complexity index is 584. The summed E-state index contributed by atoms with van der Waals surface area (Å²) < 4.78 is 24.2. The van der Waals surface area contributed by atoms with Gasteiger partial charge >= 0.3 is 0 Å². The van der Waals surface area contributed by atoms with Crippen LogP contribution in [0.1, 0.15) is 10.4 Å². The minimum absolute atomic E-state index is 0.123. The molecule has 20 heavy (non-hydrogen) atoms. The molecule has 0 aliphatic heterocycles. The topological polar surface area (TPSA) is 105 Å². The highest BCUT2D eigenvalue weighted by Gasteiger charge is 2.10. The van der Waals surface area contributed by atoms with E-state index >= 15 is 0 Å². The summed E-state index contributed by atoms with van der Waals surface area (Å²) in [6.45, 7) is 0.612. The zero-order chi connectivity index (χ0) is 15.3. The molecule has 0 heterocycles. The van der Waals surface area contributed by atoms with Gasteiger partial charge in [-0.2, -0.15) is 0 Å². The molecule has 1 aromatic carbocycles. The predicted octanol–water partition coefficient (Wildman–Crippen LogP) is -0.0683. The third-order valence-electron chi connectivity index (χ3n) is 2.51. The van der Waals surface area contributed by atoms with Crippen LogP contribution in [0.5, 0.6) is 0 Å². The van der Waals surface area contributed by atoms with Crippen LogP contribution in [0.2, 0.25) is 0 Å². The van der Waals surface area contributed by atoms with E-state index in [4.69, 9.17) is 5.73 Å². The van der Waals surface area contributed by atoms with Crippen molar-refractivity contribution in [1.29, 1.82) is 0 Å². The number of amides is 1. The second-order valence-corrected chi connectivity index (χ2v) is 6.43. The highest BCUT2D eigenvalue weighted by molar-refractivity contribution is 7.88. The van der Waals surface area contributed by atoms with Crippen LogP contribution in [-0.4, -0.2) is 52.7 Å². The van der Waals surface area contributed by atoms with Gasteiger partial charge in [-0.1, -0.05) is 0 Å². The van der Waals surface area contributed by atoms with Gasteiger partial charge in [0.1, 0.15) is 0 Å². The normalized spacial score (nSPS) is 11.2. The van der Waals surface area contributed by atoms with Crippen molar-refractivity contribution in [3.63, 3.8) is 0 Å². The first-order valence-corrected chi connectivity index (χ1v) is 7.89. The predicted molar refractivity (Wildman–Crippen MR) is 80.2 cm³/mol. The molecule has 8 heteroatoms. The first kappa shape index (κ1) is 16.3. The Hall–Kier alpha value is -1.80. The first-order chi connectivity index (χ1) is 9.20. The van der Waals surface area contributed by atoms with Crippen molar-refractivity contribution in [3.8, 4) is 0 Å². The van der Waals surface area contributed by atoms with Crippen LogP contribution < -0.4 is 15.8 Å². The van der Waals surface area contributed by atoms with Gasteiger partial charge in [-0.15, -0.1) is 0 Å². The molecule has 0 aliphatic carbocycles. The van der Waals surface area contributed by atoms with Crippen LogP contribution in [-0.2, 0) is 10.0 Å². The molecule has 0 bridgehead atoms. The lowest BCUT2D eigenvalue weighted by atomic mass is 10.1. The Morgan fingerprint density at radius 2 is 1.95 bits per heavy atom. The molecule has 0 atom stereocenters. The quantitative estimate of drug-likeness (QED) is 0.504. The molecule has 4 N–H and O–H groups in total. The van der Waals surface area contributed by atoms with Gasteiger partial charge in [0, 0.05) is 32.7 Å². The third kappa shape index (κ3) is 5.06. The smallest absolute Gasteiger partial charge is 0.253 e. The molecule has 112 valence electrons. The Kier molecular flexibility index (Phi) is 5.34. The molecule has 0 saturated heterocycles. The number of carbonyl (C=O) groups is 1. The average Bonchev–Trinajstić information content (AvgIpc) is 2.34. The second kappa shape index (κ2) is 6.58. The summed E-state index contributed by atoms with van der Waals surface area (Å²) in [5, 5.41) is 3.00. The number of benzene rings is 1. The van der Waals surface area contributed by atoms with Gasteiger partial charge in [0.25, 0.3) is 5.91 Å². The summed E-state index contributed by atoms with van der Waals surface area (Å²) in [5.41, 5.74) is 7.43. The zero-order valence-electron chi connectivity index (χ0n) is 11.8. The zero-order valence-corrected chi connectivity index (χ0v) is 12.6. The van der Waals surface area contributed by atoms with E-state index in [-0.39, 0.29) is 12.5 Å². The van der Waals surface area contributed by atoms with Gasteiger partial charge in [-0.05, 0) is 18.2 Å². The van der Waals surface area contributed by atoms with E-state index in [0.717, 1.165) is 6.26 Å². The molecule has 0 spiro atoms. The maximum atomic E-state index is 11.8. The lowest BCUT2D eigenvalue weighted by molar-refractivity contribution is 0.0827. The maximum absolute atomic E-state index is 11.8. The van der Waals surface area contributed by atoms with Crippen LogP contribution >= 0.6 is 0 Å². The number of sulfonamides is 1. The minimum Gasteiger partial charge on any atom is -0.397 e. The van der Waals surface area contributed by atoms with E-state index < -0.39 is 10.0 Å². The second-order valence-electron chi connectivity index (χ2n) is 4.59. The molecule has 0 radical (unpaired) electrons. The van der Waals surface area contributed by atoms with Crippen molar-refractivity contribution in [2.45, 2.75) is 0 Å². The Morgan fingerprint density at radius 3 is 2.50 bits per heavy atom. The van der Waals surface area contributed by atoms with Crippen LogP contribution in [0, 0.1) is 0 Å². The number of hydrogen-bond acceptors (Lipinski definition) is 5. The van der Waals surface area contributed by atoms with Gasteiger partial charge in [0.15, 0.2) is 0 Å². The Balaban J connectivity index is 2.70. The first-order valence-electron chi connectivity index (χ1n) is 6.00. The van der Waals surface area contributed by atoms with E-state index in [1.165, 1.54) is 4.90 Å². The Labute approximate surface area is 119 Å². The van der Waals surface area contributed by atoms with Crippen LogP contribution in [0.3, 0.4) is 0 Å². The van der Waals surface area contributed by atoms with Gasteiger partial charge < -0.3 is 16.0 Å². The van der Waals surface area contributed by atoms with Crippen LogP contribution in [0.25, 0.3) is 0 Å². The fourth-order valence-electron chi connectivity index (χ4n) is 1.53. The monoisotopic (exact) mass is 300 g/mol. The van der Waals surface area contributed by atoms with Gasteiger partial charge in [-0.25, -0.2) is 13.1 Å². The molecular weight excluding hydrogens is 280 g/mol. The van der Waals surface area contributed by atoms with Crippen molar-refractivity contribution < 1.29 is 13.2 Å². The SMILES string of the molecule is CN(C)C(=O)c1ccc(N)c(NCCNS(C)(=O)=O)c1. The molecule has 7 nitrogen and oxygen atoms in total. The number of nitrogens with zero attached hydrogens (tertiary/aromatic N) is 1. The summed E-state index contributed by atoms with van der Waals surface area (Å²) in [6, 6.07) is 4.94. The van der Waals surface area contributed by atoms with Crippen molar-refractivity contribution in [2.75, 3.05) is 44.5 Å². The van der Waals surface area contributed by atoms with Gasteiger partial charge in [0.2, 0.25) is 10.0 Å². The molecule has 0 aliphatic rings. The highest BCUT2D eigenvalue weighted by atomic mass is 32.2. The number of hydrogen-bond donors (Lipinski definition) is 3. The number of carbonyl (C=O) groups excluding carboxylic acids is 1. The maximum Gasteiger partial charge on any atom is 0.253 e. The fourth-order valence-corrected chi connectivity index (χ4v) is 2.01. The molecule has 0 fully saturated rings. The molecule has 1 rings (SSSR count). The van der Waals surface area contributed by atoms with Crippen molar-refractivity contribution >= 4 is 27.3 Å². The number of nitrogens with one attached hydrogen (secondary N) is 2. The molecule has 0 aromatic heterocycles. The van der Waals surface area contributed by atoms with E-state index in [2.05, 4.69) is 10.0 Å². The molecule has 0 saturated carbocycles. The van der Waals surface area contributed by atoms with Gasteiger partial charge in [0.05, 0.1) is 17.6 Å². The summed E-state index contributed by atoms with van der Waals surface area (Å²) in [5.74, 6) is -0.123. The standard InChI is InChI=1S/C12H20N4O3S/c1-16(2)12(17)9-4-5-10(13)11(8-9)14-6-7-15-20(3,18)19/h4-5,8,14-15H,6-7,13H2,1-3H3. The number of nitrogen functional groups attached to an aromatic ring is 1. The summed E-state index contributed by atoms with van der Waals surface area (Å²) in [6.07, 6.45) is 1.09. The fraction of sp³-hybridized carbons (Fsp3) is 0.417.